The van der Waals surface area contributed by atoms with E-state index in [-0.39, 0.29) is 0 Å². The van der Waals surface area contributed by atoms with Crippen LogP contribution in [0.4, 0.5) is 0 Å². The highest BCUT2D eigenvalue weighted by Crippen LogP contribution is 2.36. The van der Waals surface area contributed by atoms with E-state index in [4.69, 9.17) is 4.43 Å². The minimum atomic E-state index is -1.51. The SMILES string of the molecule is C=CCCCCCCCCCCO[Si](C)(C)C(C)(C)C. The van der Waals surface area contributed by atoms with E-state index in [1.165, 1.54) is 57.8 Å². The highest BCUT2D eigenvalue weighted by molar-refractivity contribution is 6.74. The van der Waals surface area contributed by atoms with Gasteiger partial charge in [-0.25, -0.2) is 0 Å². The highest BCUT2D eigenvalue weighted by atomic mass is 28.4. The smallest absolute Gasteiger partial charge is 0.191 e. The number of allylic oxidation sites excluding steroid dienone is 1. The van der Waals surface area contributed by atoms with Gasteiger partial charge >= 0.3 is 0 Å². The van der Waals surface area contributed by atoms with E-state index in [9.17, 15) is 0 Å². The lowest BCUT2D eigenvalue weighted by Gasteiger charge is -2.36. The molecule has 0 aromatic heterocycles. The van der Waals surface area contributed by atoms with Crippen LogP contribution in [0.15, 0.2) is 12.7 Å². The fraction of sp³-hybridized carbons (Fsp3) is 0.889. The van der Waals surface area contributed by atoms with Crippen molar-refractivity contribution < 1.29 is 4.43 Å². The lowest BCUT2D eigenvalue weighted by atomic mass is 10.1. The number of unbranched alkanes of at least 4 members (excludes halogenated alkanes) is 8. The number of hydrogen-bond donors (Lipinski definition) is 0. The molecule has 0 aliphatic rings. The molecule has 0 N–H and O–H groups in total. The lowest BCUT2D eigenvalue weighted by Crippen LogP contribution is -2.40. The molecular formula is C18H38OSi. The first-order valence-electron chi connectivity index (χ1n) is 8.56. The molecule has 1 nitrogen and oxygen atoms in total. The van der Waals surface area contributed by atoms with E-state index in [0.717, 1.165) is 6.61 Å². The topological polar surface area (TPSA) is 9.23 Å². The van der Waals surface area contributed by atoms with E-state index >= 15 is 0 Å². The van der Waals surface area contributed by atoms with Gasteiger partial charge in [0.15, 0.2) is 8.32 Å². The molecule has 2 heteroatoms. The quantitative estimate of drug-likeness (QED) is 0.221. The molecule has 0 aliphatic heterocycles. The Kier molecular flexibility index (Phi) is 10.6. The van der Waals surface area contributed by atoms with Crippen molar-refractivity contribution in [3.05, 3.63) is 12.7 Å². The number of rotatable bonds is 12. The Bertz CT molecular complexity index is 240. The second-order valence-corrected chi connectivity index (χ2v) is 12.3. The lowest BCUT2D eigenvalue weighted by molar-refractivity contribution is 0.277. The van der Waals surface area contributed by atoms with E-state index in [2.05, 4.69) is 40.4 Å². The molecule has 0 saturated carbocycles. The van der Waals surface area contributed by atoms with Crippen molar-refractivity contribution in [1.29, 1.82) is 0 Å². The van der Waals surface area contributed by atoms with Crippen LogP contribution in [0.5, 0.6) is 0 Å². The highest BCUT2D eigenvalue weighted by Gasteiger charge is 2.36. The van der Waals surface area contributed by atoms with Gasteiger partial charge in [-0.1, -0.05) is 65.4 Å². The molecule has 0 aromatic carbocycles. The molecule has 0 rings (SSSR count). The van der Waals surface area contributed by atoms with Crippen molar-refractivity contribution in [1.82, 2.24) is 0 Å². The Morgan fingerprint density at radius 1 is 0.850 bits per heavy atom. The normalized spacial score (nSPS) is 12.7. The molecule has 0 radical (unpaired) electrons. The standard InChI is InChI=1S/C18H38OSi/c1-7-8-9-10-11-12-13-14-15-16-17-19-20(5,6)18(2,3)4/h7H,1,8-17H2,2-6H3. The average molecular weight is 299 g/mol. The summed E-state index contributed by atoms with van der Waals surface area (Å²) in [6.45, 7) is 16.3. The molecule has 0 spiro atoms. The van der Waals surface area contributed by atoms with E-state index < -0.39 is 8.32 Å². The van der Waals surface area contributed by atoms with Gasteiger partial charge in [0, 0.05) is 6.61 Å². The van der Waals surface area contributed by atoms with Crippen LogP contribution in [0.3, 0.4) is 0 Å². The van der Waals surface area contributed by atoms with Gasteiger partial charge in [-0.15, -0.1) is 6.58 Å². The van der Waals surface area contributed by atoms with Crippen LogP contribution in [-0.2, 0) is 4.43 Å². The van der Waals surface area contributed by atoms with Crippen molar-refractivity contribution in [3.8, 4) is 0 Å². The molecule has 0 saturated heterocycles. The fourth-order valence-corrected chi connectivity index (χ4v) is 3.08. The van der Waals surface area contributed by atoms with Gasteiger partial charge < -0.3 is 4.43 Å². The Morgan fingerprint density at radius 2 is 1.30 bits per heavy atom. The molecule has 120 valence electrons. The Morgan fingerprint density at radius 3 is 1.75 bits per heavy atom. The summed E-state index contributed by atoms with van der Waals surface area (Å²) in [4.78, 5) is 0. The molecule has 0 aliphatic carbocycles. The minimum Gasteiger partial charge on any atom is -0.417 e. The summed E-state index contributed by atoms with van der Waals surface area (Å²) in [7, 11) is -1.51. The van der Waals surface area contributed by atoms with Crippen LogP contribution in [-0.4, -0.2) is 14.9 Å². The average Bonchev–Trinajstić information content (AvgIpc) is 2.34. The molecule has 0 atom stereocenters. The Labute approximate surface area is 129 Å². The molecule has 0 heterocycles. The summed E-state index contributed by atoms with van der Waals surface area (Å²) in [6.07, 6.45) is 14.1. The third-order valence-electron chi connectivity index (χ3n) is 4.57. The molecular weight excluding hydrogens is 260 g/mol. The van der Waals surface area contributed by atoms with Gasteiger partial charge in [-0.2, -0.15) is 0 Å². The van der Waals surface area contributed by atoms with Gasteiger partial charge in [0.2, 0.25) is 0 Å². The van der Waals surface area contributed by atoms with Gasteiger partial charge in [0.05, 0.1) is 0 Å². The summed E-state index contributed by atoms with van der Waals surface area (Å²) in [5.74, 6) is 0. The second kappa shape index (κ2) is 10.6. The zero-order chi connectivity index (χ0) is 15.5. The van der Waals surface area contributed by atoms with Crippen LogP contribution in [0.1, 0.15) is 78.6 Å². The summed E-state index contributed by atoms with van der Waals surface area (Å²) >= 11 is 0. The van der Waals surface area contributed by atoms with Crippen molar-refractivity contribution in [3.63, 3.8) is 0 Å². The van der Waals surface area contributed by atoms with Crippen molar-refractivity contribution in [2.24, 2.45) is 0 Å². The van der Waals surface area contributed by atoms with E-state index in [0.29, 0.717) is 5.04 Å². The molecule has 0 unspecified atom stereocenters. The van der Waals surface area contributed by atoms with Gasteiger partial charge in [0.25, 0.3) is 0 Å². The summed E-state index contributed by atoms with van der Waals surface area (Å²) in [5.41, 5.74) is 0. The van der Waals surface area contributed by atoms with Crippen LogP contribution in [0, 0.1) is 0 Å². The first-order chi connectivity index (χ1) is 9.31. The molecule has 0 aromatic rings. The first-order valence-corrected chi connectivity index (χ1v) is 11.5. The molecule has 0 fully saturated rings. The Balaban J connectivity index is 3.35. The van der Waals surface area contributed by atoms with Crippen molar-refractivity contribution in [2.45, 2.75) is 96.7 Å². The summed E-state index contributed by atoms with van der Waals surface area (Å²) in [5, 5.41) is 0.346. The van der Waals surface area contributed by atoms with Crippen molar-refractivity contribution in [2.75, 3.05) is 6.61 Å². The van der Waals surface area contributed by atoms with Crippen LogP contribution < -0.4 is 0 Å². The third-order valence-corrected chi connectivity index (χ3v) is 9.11. The van der Waals surface area contributed by atoms with Gasteiger partial charge in [0.1, 0.15) is 0 Å². The van der Waals surface area contributed by atoms with Crippen molar-refractivity contribution >= 4 is 8.32 Å². The van der Waals surface area contributed by atoms with E-state index in [1.54, 1.807) is 0 Å². The zero-order valence-electron chi connectivity index (χ0n) is 14.8. The predicted molar refractivity (Wildman–Crippen MR) is 94.9 cm³/mol. The second-order valence-electron chi connectivity index (χ2n) is 7.51. The third kappa shape index (κ3) is 9.76. The van der Waals surface area contributed by atoms with E-state index in [1.807, 2.05) is 6.08 Å². The van der Waals surface area contributed by atoms with Crippen LogP contribution in [0.25, 0.3) is 0 Å². The monoisotopic (exact) mass is 298 g/mol. The zero-order valence-corrected chi connectivity index (χ0v) is 15.8. The molecule has 0 bridgehead atoms. The predicted octanol–water partition coefficient (Wildman–Crippen LogP) is 6.71. The Hall–Kier alpha value is -0.0831. The summed E-state index contributed by atoms with van der Waals surface area (Å²) < 4.78 is 6.20. The minimum absolute atomic E-state index is 0.346. The molecule has 0 amide bonds. The van der Waals surface area contributed by atoms with Crippen LogP contribution in [0.2, 0.25) is 18.1 Å². The maximum atomic E-state index is 6.20. The van der Waals surface area contributed by atoms with Gasteiger partial charge in [-0.3, -0.25) is 0 Å². The maximum absolute atomic E-state index is 6.20. The molecule has 20 heavy (non-hydrogen) atoms. The largest absolute Gasteiger partial charge is 0.417 e. The maximum Gasteiger partial charge on any atom is 0.191 e. The fourth-order valence-electron chi connectivity index (χ4n) is 2.00. The van der Waals surface area contributed by atoms with Gasteiger partial charge in [-0.05, 0) is 37.4 Å². The summed E-state index contributed by atoms with van der Waals surface area (Å²) in [6, 6.07) is 0. The number of hydrogen-bond acceptors (Lipinski definition) is 1. The first kappa shape index (κ1) is 19.9. The van der Waals surface area contributed by atoms with Crippen LogP contribution >= 0.6 is 0 Å².